The molecule has 0 amide bonds. The molecule has 1 aromatic carbocycles. The van der Waals surface area contributed by atoms with Gasteiger partial charge in [0.2, 0.25) is 5.28 Å². The Morgan fingerprint density at radius 3 is 2.64 bits per heavy atom. The van der Waals surface area contributed by atoms with Crippen LogP contribution in [0.4, 0.5) is 4.39 Å². The van der Waals surface area contributed by atoms with E-state index in [0.717, 1.165) is 11.5 Å². The smallest absolute Gasteiger partial charge is 0.206 e. The average Bonchev–Trinajstić information content (AvgIpc) is 2.51. The second-order valence-corrected chi connectivity index (χ2v) is 3.96. The molecule has 0 unspecified atom stereocenters. The molecular weight excluding hydrogens is 246 g/mol. The van der Waals surface area contributed by atoms with Gasteiger partial charge in [-0.25, -0.2) is 9.37 Å². The standard InChI is InChI=1S/C8H3Cl2FN2S/c9-4-2-1-3-5(11)6(4)7-12-8(10)13-14-7/h1-3H. The lowest BCUT2D eigenvalue weighted by molar-refractivity contribution is 0.631. The van der Waals surface area contributed by atoms with Crippen LogP contribution in [0.2, 0.25) is 10.3 Å². The first-order valence-corrected chi connectivity index (χ1v) is 5.15. The van der Waals surface area contributed by atoms with Gasteiger partial charge in [0, 0.05) is 0 Å². The third-order valence-corrected chi connectivity index (χ3v) is 2.89. The van der Waals surface area contributed by atoms with Gasteiger partial charge in [-0.05, 0) is 35.3 Å². The van der Waals surface area contributed by atoms with Crippen LogP contribution in [0, 0.1) is 5.82 Å². The van der Waals surface area contributed by atoms with Crippen LogP contribution in [-0.4, -0.2) is 9.36 Å². The Morgan fingerprint density at radius 1 is 1.29 bits per heavy atom. The highest BCUT2D eigenvalue weighted by atomic mass is 35.5. The monoisotopic (exact) mass is 248 g/mol. The summed E-state index contributed by atoms with van der Waals surface area (Å²) in [6.07, 6.45) is 0. The fourth-order valence-corrected chi connectivity index (χ4v) is 2.18. The van der Waals surface area contributed by atoms with E-state index >= 15 is 0 Å². The molecule has 0 aliphatic heterocycles. The number of hydrogen-bond donors (Lipinski definition) is 0. The molecule has 0 bridgehead atoms. The topological polar surface area (TPSA) is 25.8 Å². The van der Waals surface area contributed by atoms with Gasteiger partial charge in [-0.3, -0.25) is 0 Å². The minimum Gasteiger partial charge on any atom is -0.206 e. The molecule has 0 fully saturated rings. The van der Waals surface area contributed by atoms with Crippen molar-refractivity contribution in [3.8, 4) is 10.6 Å². The van der Waals surface area contributed by atoms with Crippen molar-refractivity contribution in [3.05, 3.63) is 34.3 Å². The molecule has 2 nitrogen and oxygen atoms in total. The zero-order chi connectivity index (χ0) is 10.1. The Labute approximate surface area is 93.5 Å². The molecule has 0 saturated carbocycles. The molecule has 0 spiro atoms. The van der Waals surface area contributed by atoms with Gasteiger partial charge in [0.25, 0.3) is 0 Å². The predicted molar refractivity (Wildman–Crippen MR) is 55.3 cm³/mol. The van der Waals surface area contributed by atoms with Gasteiger partial charge in [-0.1, -0.05) is 17.7 Å². The SMILES string of the molecule is Fc1cccc(Cl)c1-c1nc(Cl)ns1. The maximum Gasteiger partial charge on any atom is 0.234 e. The van der Waals surface area contributed by atoms with Gasteiger partial charge in [-0.2, -0.15) is 4.37 Å². The number of benzene rings is 1. The van der Waals surface area contributed by atoms with E-state index in [-0.39, 0.29) is 10.8 Å². The summed E-state index contributed by atoms with van der Waals surface area (Å²) in [5.74, 6) is -0.426. The predicted octanol–water partition coefficient (Wildman–Crippen LogP) is 3.65. The van der Waals surface area contributed by atoms with Crippen molar-refractivity contribution < 1.29 is 4.39 Å². The average molecular weight is 249 g/mol. The van der Waals surface area contributed by atoms with Crippen LogP contribution in [0.25, 0.3) is 10.6 Å². The molecule has 0 aliphatic rings. The lowest BCUT2D eigenvalue weighted by Gasteiger charge is -1.99. The highest BCUT2D eigenvalue weighted by Crippen LogP contribution is 2.32. The second-order valence-electron chi connectivity index (χ2n) is 2.47. The highest BCUT2D eigenvalue weighted by molar-refractivity contribution is 7.09. The van der Waals surface area contributed by atoms with Crippen LogP contribution in [-0.2, 0) is 0 Å². The van der Waals surface area contributed by atoms with Crippen LogP contribution in [0.15, 0.2) is 18.2 Å². The van der Waals surface area contributed by atoms with Gasteiger partial charge in [-0.15, -0.1) is 0 Å². The molecule has 0 saturated heterocycles. The van der Waals surface area contributed by atoms with Crippen molar-refractivity contribution in [1.29, 1.82) is 0 Å². The Kier molecular flexibility index (Phi) is 2.67. The molecule has 1 heterocycles. The van der Waals surface area contributed by atoms with Gasteiger partial charge in [0.05, 0.1) is 10.6 Å². The third kappa shape index (κ3) is 1.73. The van der Waals surface area contributed by atoms with Crippen LogP contribution >= 0.6 is 34.7 Å². The number of halogens is 3. The van der Waals surface area contributed by atoms with Crippen molar-refractivity contribution in [3.63, 3.8) is 0 Å². The summed E-state index contributed by atoms with van der Waals surface area (Å²) in [5.41, 5.74) is 0.249. The van der Waals surface area contributed by atoms with Crippen molar-refractivity contribution in [2.75, 3.05) is 0 Å². The zero-order valence-corrected chi connectivity index (χ0v) is 9.00. The van der Waals surface area contributed by atoms with Gasteiger partial charge in [0.15, 0.2) is 0 Å². The molecule has 0 aliphatic carbocycles. The van der Waals surface area contributed by atoms with Gasteiger partial charge in [0.1, 0.15) is 10.8 Å². The first kappa shape index (κ1) is 9.83. The molecular formula is C8H3Cl2FN2S. The molecule has 2 aromatic rings. The minimum atomic E-state index is -0.426. The van der Waals surface area contributed by atoms with Gasteiger partial charge >= 0.3 is 0 Å². The molecule has 6 heteroatoms. The van der Waals surface area contributed by atoms with Crippen molar-refractivity contribution in [2.45, 2.75) is 0 Å². The van der Waals surface area contributed by atoms with E-state index in [4.69, 9.17) is 23.2 Å². The van der Waals surface area contributed by atoms with Crippen LogP contribution in [0.5, 0.6) is 0 Å². The molecule has 0 N–H and O–H groups in total. The van der Waals surface area contributed by atoms with Crippen LogP contribution < -0.4 is 0 Å². The summed E-state index contributed by atoms with van der Waals surface area (Å²) in [6, 6.07) is 4.44. The van der Waals surface area contributed by atoms with Crippen molar-refractivity contribution in [1.82, 2.24) is 9.36 Å². The normalized spacial score (nSPS) is 10.5. The number of aromatic nitrogens is 2. The summed E-state index contributed by atoms with van der Waals surface area (Å²) in [5, 5.41) is 0.792. The van der Waals surface area contributed by atoms with E-state index in [9.17, 15) is 4.39 Å². The fourth-order valence-electron chi connectivity index (χ4n) is 1.01. The maximum absolute atomic E-state index is 13.4. The summed E-state index contributed by atoms with van der Waals surface area (Å²) >= 11 is 12.4. The fraction of sp³-hybridized carbons (Fsp3) is 0. The molecule has 1 aromatic heterocycles. The Hall–Kier alpha value is -0.710. The molecule has 0 atom stereocenters. The van der Waals surface area contributed by atoms with E-state index in [0.29, 0.717) is 10.0 Å². The molecule has 2 rings (SSSR count). The van der Waals surface area contributed by atoms with E-state index in [2.05, 4.69) is 9.36 Å². The summed E-state index contributed by atoms with van der Waals surface area (Å²) in [6.45, 7) is 0. The summed E-state index contributed by atoms with van der Waals surface area (Å²) in [4.78, 5) is 3.85. The Balaban J connectivity index is 2.61. The Morgan fingerprint density at radius 2 is 2.07 bits per heavy atom. The first-order valence-electron chi connectivity index (χ1n) is 3.62. The number of hydrogen-bond acceptors (Lipinski definition) is 3. The van der Waals surface area contributed by atoms with E-state index in [1.54, 1.807) is 6.07 Å². The molecule has 72 valence electrons. The number of rotatable bonds is 1. The van der Waals surface area contributed by atoms with Crippen LogP contribution in [0.1, 0.15) is 0 Å². The van der Waals surface area contributed by atoms with Crippen molar-refractivity contribution in [2.24, 2.45) is 0 Å². The molecule has 14 heavy (non-hydrogen) atoms. The first-order chi connectivity index (χ1) is 6.68. The van der Waals surface area contributed by atoms with E-state index in [1.807, 2.05) is 0 Å². The van der Waals surface area contributed by atoms with E-state index < -0.39 is 5.82 Å². The maximum atomic E-state index is 13.4. The highest BCUT2D eigenvalue weighted by Gasteiger charge is 2.13. The summed E-state index contributed by atoms with van der Waals surface area (Å²) < 4.78 is 17.1. The van der Waals surface area contributed by atoms with Crippen molar-refractivity contribution >= 4 is 34.7 Å². The Bertz CT molecular complexity index is 452. The second kappa shape index (κ2) is 3.81. The van der Waals surface area contributed by atoms with Crippen LogP contribution in [0.3, 0.4) is 0 Å². The number of nitrogens with zero attached hydrogens (tertiary/aromatic N) is 2. The summed E-state index contributed by atoms with van der Waals surface area (Å²) in [7, 11) is 0. The lowest BCUT2D eigenvalue weighted by atomic mass is 10.2. The largest absolute Gasteiger partial charge is 0.234 e. The zero-order valence-electron chi connectivity index (χ0n) is 6.67. The third-order valence-electron chi connectivity index (χ3n) is 1.58. The van der Waals surface area contributed by atoms with Gasteiger partial charge < -0.3 is 0 Å². The lowest BCUT2D eigenvalue weighted by Crippen LogP contribution is -1.84. The molecule has 0 radical (unpaired) electrons. The van der Waals surface area contributed by atoms with E-state index in [1.165, 1.54) is 12.1 Å². The quantitative estimate of drug-likeness (QED) is 0.770. The minimum absolute atomic E-state index is 0.101.